The molecule has 2 N–H and O–H groups in total. The number of benzene rings is 1. The molecule has 1 aromatic rings. The highest BCUT2D eigenvalue weighted by molar-refractivity contribution is 5.82. The zero-order valence-corrected chi connectivity index (χ0v) is 10.9. The Labute approximate surface area is 108 Å². The zero-order valence-electron chi connectivity index (χ0n) is 10.9. The van der Waals surface area contributed by atoms with Crippen molar-refractivity contribution in [2.24, 2.45) is 5.41 Å². The second-order valence-electron chi connectivity index (χ2n) is 5.32. The molecule has 0 spiro atoms. The van der Waals surface area contributed by atoms with Crippen molar-refractivity contribution in [1.82, 2.24) is 10.2 Å². The van der Waals surface area contributed by atoms with E-state index >= 15 is 0 Å². The van der Waals surface area contributed by atoms with E-state index in [0.29, 0.717) is 6.54 Å². The molecule has 1 heterocycles. The monoisotopic (exact) mass is 248 g/mol. The maximum Gasteiger partial charge on any atom is 0.229 e. The van der Waals surface area contributed by atoms with Crippen LogP contribution in [0.2, 0.25) is 0 Å². The molecule has 0 saturated carbocycles. The average molecular weight is 248 g/mol. The first-order chi connectivity index (χ1) is 8.51. The fourth-order valence-corrected chi connectivity index (χ4v) is 2.46. The number of phenols is 1. The van der Waals surface area contributed by atoms with Crippen LogP contribution in [0.25, 0.3) is 0 Å². The van der Waals surface area contributed by atoms with Crippen molar-refractivity contribution >= 4 is 5.91 Å². The van der Waals surface area contributed by atoms with Crippen molar-refractivity contribution < 1.29 is 9.90 Å². The van der Waals surface area contributed by atoms with Gasteiger partial charge in [0, 0.05) is 20.1 Å². The Kier molecular flexibility index (Phi) is 3.57. The van der Waals surface area contributed by atoms with Gasteiger partial charge in [0.15, 0.2) is 0 Å². The first-order valence-corrected chi connectivity index (χ1v) is 6.25. The molecule has 4 heteroatoms. The first kappa shape index (κ1) is 12.9. The van der Waals surface area contributed by atoms with Gasteiger partial charge < -0.3 is 15.3 Å². The number of hydrogen-bond acceptors (Lipinski definition) is 3. The largest absolute Gasteiger partial charge is 0.508 e. The SMILES string of the molecule is CN(Cc1cccc(O)c1)C(=O)C1(C)CCNC1. The molecule has 0 radical (unpaired) electrons. The topological polar surface area (TPSA) is 52.6 Å². The van der Waals surface area contributed by atoms with Gasteiger partial charge >= 0.3 is 0 Å². The molecule has 0 bridgehead atoms. The van der Waals surface area contributed by atoms with Crippen molar-refractivity contribution in [2.45, 2.75) is 19.9 Å². The van der Waals surface area contributed by atoms with E-state index in [9.17, 15) is 9.90 Å². The van der Waals surface area contributed by atoms with Crippen molar-refractivity contribution in [3.63, 3.8) is 0 Å². The number of carbonyl (C=O) groups excluding carboxylic acids is 1. The van der Waals surface area contributed by atoms with Crippen LogP contribution in [0.15, 0.2) is 24.3 Å². The molecular weight excluding hydrogens is 228 g/mol. The van der Waals surface area contributed by atoms with Crippen LogP contribution in [0.4, 0.5) is 0 Å². The average Bonchev–Trinajstić information content (AvgIpc) is 2.76. The molecule has 1 unspecified atom stereocenters. The van der Waals surface area contributed by atoms with Crippen LogP contribution in [-0.2, 0) is 11.3 Å². The molecule has 1 aliphatic rings. The third-order valence-electron chi connectivity index (χ3n) is 3.56. The summed E-state index contributed by atoms with van der Waals surface area (Å²) >= 11 is 0. The van der Waals surface area contributed by atoms with Crippen LogP contribution >= 0.6 is 0 Å². The summed E-state index contributed by atoms with van der Waals surface area (Å²) in [6, 6.07) is 7.03. The van der Waals surface area contributed by atoms with Crippen molar-refractivity contribution in [2.75, 3.05) is 20.1 Å². The summed E-state index contributed by atoms with van der Waals surface area (Å²) in [7, 11) is 1.82. The lowest BCUT2D eigenvalue weighted by Gasteiger charge is -2.28. The number of amides is 1. The summed E-state index contributed by atoms with van der Waals surface area (Å²) in [6.45, 7) is 4.19. The molecule has 1 saturated heterocycles. The van der Waals surface area contributed by atoms with Crippen molar-refractivity contribution in [3.05, 3.63) is 29.8 Å². The third kappa shape index (κ3) is 2.64. The lowest BCUT2D eigenvalue weighted by atomic mass is 9.88. The van der Waals surface area contributed by atoms with Gasteiger partial charge in [0.2, 0.25) is 5.91 Å². The van der Waals surface area contributed by atoms with E-state index in [1.165, 1.54) is 0 Å². The lowest BCUT2D eigenvalue weighted by Crippen LogP contribution is -2.41. The van der Waals surface area contributed by atoms with E-state index in [-0.39, 0.29) is 17.1 Å². The Hall–Kier alpha value is -1.55. The Balaban J connectivity index is 2.03. The molecule has 0 aromatic heterocycles. The maximum atomic E-state index is 12.4. The normalized spacial score (nSPS) is 23.0. The Bertz CT molecular complexity index is 439. The second-order valence-corrected chi connectivity index (χ2v) is 5.32. The van der Waals surface area contributed by atoms with Crippen LogP contribution in [0.3, 0.4) is 0 Å². The number of rotatable bonds is 3. The summed E-state index contributed by atoms with van der Waals surface area (Å²) < 4.78 is 0. The fourth-order valence-electron chi connectivity index (χ4n) is 2.46. The summed E-state index contributed by atoms with van der Waals surface area (Å²) in [6.07, 6.45) is 0.885. The van der Waals surface area contributed by atoms with Gasteiger partial charge in [-0.25, -0.2) is 0 Å². The number of phenolic OH excluding ortho intramolecular Hbond substituents is 1. The van der Waals surface area contributed by atoms with Gasteiger partial charge in [-0.3, -0.25) is 4.79 Å². The second kappa shape index (κ2) is 4.98. The summed E-state index contributed by atoms with van der Waals surface area (Å²) in [5.74, 6) is 0.401. The van der Waals surface area contributed by atoms with Gasteiger partial charge in [0.1, 0.15) is 5.75 Å². The number of aromatic hydroxyl groups is 1. The van der Waals surface area contributed by atoms with Gasteiger partial charge in [0.05, 0.1) is 5.41 Å². The van der Waals surface area contributed by atoms with Gasteiger partial charge in [-0.15, -0.1) is 0 Å². The summed E-state index contributed by atoms with van der Waals surface area (Å²) in [4.78, 5) is 14.1. The van der Waals surface area contributed by atoms with E-state index in [1.807, 2.05) is 20.0 Å². The molecule has 1 aliphatic heterocycles. The van der Waals surface area contributed by atoms with Crippen LogP contribution in [0, 0.1) is 5.41 Å². The highest BCUT2D eigenvalue weighted by Gasteiger charge is 2.38. The fraction of sp³-hybridized carbons (Fsp3) is 0.500. The zero-order chi connectivity index (χ0) is 13.2. The quantitative estimate of drug-likeness (QED) is 0.849. The van der Waals surface area contributed by atoms with Gasteiger partial charge in [-0.2, -0.15) is 0 Å². The van der Waals surface area contributed by atoms with Gasteiger partial charge in [-0.05, 0) is 37.6 Å². The first-order valence-electron chi connectivity index (χ1n) is 6.25. The smallest absolute Gasteiger partial charge is 0.229 e. The van der Waals surface area contributed by atoms with E-state index in [4.69, 9.17) is 0 Å². The highest BCUT2D eigenvalue weighted by Crippen LogP contribution is 2.27. The minimum Gasteiger partial charge on any atom is -0.508 e. The molecule has 2 rings (SSSR count). The molecular formula is C14H20N2O2. The van der Waals surface area contributed by atoms with E-state index in [2.05, 4.69) is 5.32 Å². The molecule has 1 aromatic carbocycles. The Morgan fingerprint density at radius 2 is 2.33 bits per heavy atom. The number of nitrogens with zero attached hydrogens (tertiary/aromatic N) is 1. The Morgan fingerprint density at radius 3 is 2.94 bits per heavy atom. The number of hydrogen-bond donors (Lipinski definition) is 2. The van der Waals surface area contributed by atoms with E-state index in [1.54, 1.807) is 23.1 Å². The number of nitrogens with one attached hydrogen (secondary N) is 1. The molecule has 4 nitrogen and oxygen atoms in total. The third-order valence-corrected chi connectivity index (χ3v) is 3.56. The minimum absolute atomic E-state index is 0.163. The lowest BCUT2D eigenvalue weighted by molar-refractivity contribution is -0.139. The molecule has 0 aliphatic carbocycles. The van der Waals surface area contributed by atoms with Crippen LogP contribution in [-0.4, -0.2) is 36.1 Å². The maximum absolute atomic E-state index is 12.4. The van der Waals surface area contributed by atoms with Gasteiger partial charge in [0.25, 0.3) is 0 Å². The van der Waals surface area contributed by atoms with Crippen molar-refractivity contribution in [3.8, 4) is 5.75 Å². The molecule has 18 heavy (non-hydrogen) atoms. The van der Waals surface area contributed by atoms with Crippen LogP contribution in [0.5, 0.6) is 5.75 Å². The van der Waals surface area contributed by atoms with E-state index in [0.717, 1.165) is 25.1 Å². The molecule has 98 valence electrons. The van der Waals surface area contributed by atoms with Crippen molar-refractivity contribution in [1.29, 1.82) is 0 Å². The Morgan fingerprint density at radius 1 is 1.56 bits per heavy atom. The summed E-state index contributed by atoms with van der Waals surface area (Å²) in [5, 5.41) is 12.6. The predicted octanol–water partition coefficient (Wildman–Crippen LogP) is 1.35. The molecule has 1 fully saturated rings. The minimum atomic E-state index is -0.286. The summed E-state index contributed by atoms with van der Waals surface area (Å²) in [5.41, 5.74) is 0.659. The molecule has 1 amide bonds. The highest BCUT2D eigenvalue weighted by atomic mass is 16.3. The van der Waals surface area contributed by atoms with E-state index < -0.39 is 0 Å². The molecule has 1 atom stereocenters. The van der Waals surface area contributed by atoms with Crippen LogP contribution in [0.1, 0.15) is 18.9 Å². The van der Waals surface area contributed by atoms with Crippen LogP contribution < -0.4 is 5.32 Å². The predicted molar refractivity (Wildman–Crippen MR) is 70.2 cm³/mol. The van der Waals surface area contributed by atoms with Gasteiger partial charge in [-0.1, -0.05) is 12.1 Å². The number of carbonyl (C=O) groups is 1. The standard InChI is InChI=1S/C14H20N2O2/c1-14(6-7-15-10-14)13(18)16(2)9-11-4-3-5-12(17)8-11/h3-5,8,15,17H,6-7,9-10H2,1-2H3.